The van der Waals surface area contributed by atoms with Gasteiger partial charge in [0.05, 0.1) is 12.0 Å². The Bertz CT molecular complexity index is 1330. The Balaban J connectivity index is 1.40. The Hall–Kier alpha value is -4.02. The van der Waals surface area contributed by atoms with Crippen molar-refractivity contribution in [3.63, 3.8) is 0 Å². The Kier molecular flexibility index (Phi) is 5.65. The van der Waals surface area contributed by atoms with Crippen molar-refractivity contribution in [3.8, 4) is 5.75 Å². The van der Waals surface area contributed by atoms with E-state index in [9.17, 15) is 14.7 Å². The number of anilines is 4. The molecule has 190 valence electrons. The number of hydrogen-bond donors (Lipinski definition) is 3. The lowest BCUT2D eigenvalue weighted by molar-refractivity contribution is -0.129. The molecule has 5 rings (SSSR count). The minimum Gasteiger partial charge on any atom is -0.476 e. The van der Waals surface area contributed by atoms with E-state index in [0.717, 1.165) is 6.42 Å². The number of benzene rings is 1. The zero-order valence-corrected chi connectivity index (χ0v) is 20.8. The second-order valence-corrected chi connectivity index (χ2v) is 9.81. The van der Waals surface area contributed by atoms with Crippen LogP contribution in [-0.2, 0) is 4.79 Å². The minimum atomic E-state index is -0.935. The number of furan rings is 1. The van der Waals surface area contributed by atoms with Gasteiger partial charge in [-0.05, 0) is 51.3 Å². The lowest BCUT2D eigenvalue weighted by Crippen LogP contribution is -2.55. The van der Waals surface area contributed by atoms with Crippen LogP contribution in [0.15, 0.2) is 34.9 Å². The quantitative estimate of drug-likeness (QED) is 0.471. The maximum atomic E-state index is 12.3. The standard InChI is InChI=1S/C25H30N6O5/c1-5-25(30(4)23(33)34)9-11-31(12-10-25)20-19-16(8-13-35-19)28-22(29-20)26-15-6-7-18-17(14-15)27-21(32)24(2,3)36-18/h6-8,13-14H,5,9-12H2,1-4H3,(H,27,32)(H,33,34)(H,26,28,29). The molecule has 4 heterocycles. The number of carbonyl (C=O) groups is 2. The van der Waals surface area contributed by atoms with Gasteiger partial charge < -0.3 is 34.7 Å². The van der Waals surface area contributed by atoms with Crippen LogP contribution in [0, 0.1) is 0 Å². The van der Waals surface area contributed by atoms with Gasteiger partial charge in [-0.25, -0.2) is 9.78 Å². The van der Waals surface area contributed by atoms with Crippen LogP contribution in [-0.4, -0.2) is 63.3 Å². The number of carboxylic acid groups (broad SMARTS) is 1. The molecule has 0 aliphatic carbocycles. The van der Waals surface area contributed by atoms with Crippen LogP contribution >= 0.6 is 0 Å². The number of ether oxygens (including phenoxy) is 1. The van der Waals surface area contributed by atoms with Crippen molar-refractivity contribution in [1.29, 1.82) is 0 Å². The summed E-state index contributed by atoms with van der Waals surface area (Å²) in [5, 5.41) is 15.7. The van der Waals surface area contributed by atoms with Crippen LogP contribution in [0.3, 0.4) is 0 Å². The summed E-state index contributed by atoms with van der Waals surface area (Å²) < 4.78 is 11.5. The van der Waals surface area contributed by atoms with E-state index in [2.05, 4.69) is 20.5 Å². The van der Waals surface area contributed by atoms with E-state index in [1.807, 2.05) is 13.0 Å². The molecule has 2 amide bonds. The van der Waals surface area contributed by atoms with Gasteiger partial charge in [0.25, 0.3) is 5.91 Å². The van der Waals surface area contributed by atoms with Gasteiger partial charge in [-0.3, -0.25) is 4.79 Å². The monoisotopic (exact) mass is 494 g/mol. The molecule has 2 aromatic heterocycles. The summed E-state index contributed by atoms with van der Waals surface area (Å²) in [6.45, 7) is 6.74. The molecular formula is C25H30N6O5. The lowest BCUT2D eigenvalue weighted by Gasteiger charge is -2.46. The lowest BCUT2D eigenvalue weighted by atomic mass is 9.83. The predicted molar refractivity (Wildman–Crippen MR) is 135 cm³/mol. The average Bonchev–Trinajstić information content (AvgIpc) is 3.32. The SMILES string of the molecule is CCC1(N(C)C(=O)O)CCN(c2nc(Nc3ccc4c(c3)NC(=O)C(C)(C)O4)nc3ccoc23)CC1. The molecule has 1 fully saturated rings. The summed E-state index contributed by atoms with van der Waals surface area (Å²) >= 11 is 0. The number of rotatable bonds is 5. The van der Waals surface area contributed by atoms with Crippen LogP contribution in [0.25, 0.3) is 11.1 Å². The third-order valence-corrected chi connectivity index (χ3v) is 7.33. The molecule has 1 saturated heterocycles. The van der Waals surface area contributed by atoms with E-state index in [4.69, 9.17) is 14.1 Å². The topological polar surface area (TPSA) is 133 Å². The molecule has 0 atom stereocenters. The van der Waals surface area contributed by atoms with E-state index < -0.39 is 17.2 Å². The van der Waals surface area contributed by atoms with Crippen molar-refractivity contribution in [2.75, 3.05) is 35.7 Å². The van der Waals surface area contributed by atoms with E-state index in [1.54, 1.807) is 45.4 Å². The minimum absolute atomic E-state index is 0.215. The maximum Gasteiger partial charge on any atom is 0.407 e. The molecule has 0 unspecified atom stereocenters. The highest BCUT2D eigenvalue weighted by atomic mass is 16.5. The number of nitrogens with one attached hydrogen (secondary N) is 2. The fourth-order valence-electron chi connectivity index (χ4n) is 4.90. The van der Waals surface area contributed by atoms with Crippen LogP contribution in [0.1, 0.15) is 40.0 Å². The average molecular weight is 495 g/mol. The number of fused-ring (bicyclic) bond motifs is 2. The first-order chi connectivity index (χ1) is 17.1. The normalized spacial score (nSPS) is 18.2. The van der Waals surface area contributed by atoms with Crippen molar-refractivity contribution in [2.24, 2.45) is 0 Å². The molecular weight excluding hydrogens is 464 g/mol. The zero-order valence-electron chi connectivity index (χ0n) is 20.8. The van der Waals surface area contributed by atoms with Crippen molar-refractivity contribution in [2.45, 2.75) is 51.2 Å². The van der Waals surface area contributed by atoms with E-state index in [1.165, 1.54) is 4.90 Å². The third kappa shape index (κ3) is 4.04. The van der Waals surface area contributed by atoms with Gasteiger partial charge in [-0.2, -0.15) is 4.98 Å². The summed E-state index contributed by atoms with van der Waals surface area (Å²) in [7, 11) is 1.64. The predicted octanol–water partition coefficient (Wildman–Crippen LogP) is 4.43. The summed E-state index contributed by atoms with van der Waals surface area (Å²) in [6.07, 6.45) is 2.78. The Labute approximate surface area is 208 Å². The van der Waals surface area contributed by atoms with Gasteiger partial charge in [0.15, 0.2) is 17.0 Å². The molecule has 36 heavy (non-hydrogen) atoms. The number of carbonyl (C=O) groups excluding carboxylic acids is 1. The molecule has 2 aliphatic rings. The van der Waals surface area contributed by atoms with Crippen LogP contribution in [0.2, 0.25) is 0 Å². The van der Waals surface area contributed by atoms with E-state index >= 15 is 0 Å². The van der Waals surface area contributed by atoms with Crippen LogP contribution in [0.4, 0.5) is 27.9 Å². The highest BCUT2D eigenvalue weighted by Crippen LogP contribution is 2.38. The van der Waals surface area contributed by atoms with E-state index in [0.29, 0.717) is 65.9 Å². The number of aromatic nitrogens is 2. The third-order valence-electron chi connectivity index (χ3n) is 7.33. The molecule has 11 nitrogen and oxygen atoms in total. The zero-order chi connectivity index (χ0) is 25.7. The van der Waals surface area contributed by atoms with E-state index in [-0.39, 0.29) is 5.91 Å². The van der Waals surface area contributed by atoms with Crippen molar-refractivity contribution in [3.05, 3.63) is 30.5 Å². The fourth-order valence-corrected chi connectivity index (χ4v) is 4.90. The van der Waals surface area contributed by atoms with Crippen molar-refractivity contribution >= 4 is 46.2 Å². The second-order valence-electron chi connectivity index (χ2n) is 9.81. The Morgan fingerprint density at radius 1 is 1.25 bits per heavy atom. The highest BCUT2D eigenvalue weighted by Gasteiger charge is 2.40. The molecule has 0 saturated carbocycles. The smallest absolute Gasteiger partial charge is 0.407 e. The van der Waals surface area contributed by atoms with Crippen molar-refractivity contribution < 1.29 is 23.8 Å². The Morgan fingerprint density at radius 2 is 2.00 bits per heavy atom. The first kappa shape index (κ1) is 23.7. The van der Waals surface area contributed by atoms with Gasteiger partial charge in [0.1, 0.15) is 11.3 Å². The maximum absolute atomic E-state index is 12.3. The molecule has 3 aromatic rings. The first-order valence-electron chi connectivity index (χ1n) is 12.0. The first-order valence-corrected chi connectivity index (χ1v) is 12.0. The second kappa shape index (κ2) is 8.58. The number of piperidine rings is 1. The summed E-state index contributed by atoms with van der Waals surface area (Å²) in [5.74, 6) is 1.42. The van der Waals surface area contributed by atoms with Gasteiger partial charge in [0.2, 0.25) is 5.95 Å². The fraction of sp³-hybridized carbons (Fsp3) is 0.440. The summed E-state index contributed by atoms with van der Waals surface area (Å²) in [6, 6.07) is 7.20. The molecule has 1 aromatic carbocycles. The Morgan fingerprint density at radius 3 is 2.69 bits per heavy atom. The number of hydrogen-bond acceptors (Lipinski definition) is 8. The summed E-state index contributed by atoms with van der Waals surface area (Å²) in [4.78, 5) is 36.9. The largest absolute Gasteiger partial charge is 0.476 e. The van der Waals surface area contributed by atoms with Gasteiger partial charge in [-0.1, -0.05) is 6.92 Å². The molecule has 0 radical (unpaired) electrons. The number of amides is 2. The van der Waals surface area contributed by atoms with Crippen LogP contribution in [0.5, 0.6) is 5.75 Å². The van der Waals surface area contributed by atoms with Gasteiger partial charge in [-0.15, -0.1) is 0 Å². The molecule has 11 heteroatoms. The summed E-state index contributed by atoms with van der Waals surface area (Å²) in [5.41, 5.74) is 1.18. The highest BCUT2D eigenvalue weighted by molar-refractivity contribution is 6.00. The molecule has 0 spiro atoms. The van der Waals surface area contributed by atoms with Crippen LogP contribution < -0.4 is 20.3 Å². The van der Waals surface area contributed by atoms with Crippen molar-refractivity contribution in [1.82, 2.24) is 14.9 Å². The molecule has 2 aliphatic heterocycles. The molecule has 3 N–H and O–H groups in total. The van der Waals surface area contributed by atoms with Gasteiger partial charge in [0, 0.05) is 37.4 Å². The van der Waals surface area contributed by atoms with Gasteiger partial charge >= 0.3 is 6.09 Å². The number of nitrogens with zero attached hydrogens (tertiary/aromatic N) is 4. The molecule has 0 bridgehead atoms.